The largest absolute Gasteiger partial charge is 0.528 e. The normalized spacial score (nSPS) is 12.2. The molecule has 0 bridgehead atoms. The summed E-state index contributed by atoms with van der Waals surface area (Å²) in [5.74, 6) is -1.08. The SMILES string of the molecule is CC(C)OC(=O)ON(C)[C@@H](Cc1ccccc1)C(=O)O. The number of likely N-dealkylation sites (N-methyl/N-ethyl adjacent to an activating group) is 1. The summed E-state index contributed by atoms with van der Waals surface area (Å²) in [5.41, 5.74) is 0.840. The molecule has 20 heavy (non-hydrogen) atoms. The van der Waals surface area contributed by atoms with Crippen LogP contribution < -0.4 is 0 Å². The first-order valence-electron chi connectivity index (χ1n) is 6.28. The lowest BCUT2D eigenvalue weighted by Crippen LogP contribution is -2.41. The summed E-state index contributed by atoms with van der Waals surface area (Å²) in [7, 11) is 1.39. The minimum Gasteiger partial charge on any atom is -0.480 e. The van der Waals surface area contributed by atoms with Crippen LogP contribution >= 0.6 is 0 Å². The van der Waals surface area contributed by atoms with Gasteiger partial charge in [-0.05, 0) is 19.4 Å². The molecule has 1 N–H and O–H groups in total. The average Bonchev–Trinajstić information content (AvgIpc) is 2.35. The molecular weight excluding hydrogens is 262 g/mol. The Kier molecular flexibility index (Phi) is 5.99. The van der Waals surface area contributed by atoms with Gasteiger partial charge in [0.1, 0.15) is 6.04 Å². The minimum atomic E-state index is -1.08. The molecule has 1 aromatic carbocycles. The van der Waals surface area contributed by atoms with Crippen LogP contribution in [0.2, 0.25) is 0 Å². The maximum Gasteiger partial charge on any atom is 0.528 e. The summed E-state index contributed by atoms with van der Waals surface area (Å²) in [5, 5.41) is 10.2. The quantitative estimate of drug-likeness (QED) is 0.635. The Hall–Kier alpha value is -2.08. The van der Waals surface area contributed by atoms with Crippen molar-refractivity contribution in [2.75, 3.05) is 7.05 Å². The third-order valence-electron chi connectivity index (χ3n) is 2.55. The zero-order valence-electron chi connectivity index (χ0n) is 11.8. The van der Waals surface area contributed by atoms with Crippen molar-refractivity contribution in [3.8, 4) is 0 Å². The first-order valence-corrected chi connectivity index (χ1v) is 6.28. The highest BCUT2D eigenvalue weighted by molar-refractivity contribution is 5.74. The summed E-state index contributed by atoms with van der Waals surface area (Å²) in [6.45, 7) is 3.36. The topological polar surface area (TPSA) is 76.1 Å². The van der Waals surface area contributed by atoms with Crippen LogP contribution in [0.4, 0.5) is 4.79 Å². The number of aliphatic carboxylic acids is 1. The molecule has 0 aliphatic heterocycles. The molecule has 0 spiro atoms. The zero-order chi connectivity index (χ0) is 15.1. The number of rotatable bonds is 6. The fourth-order valence-electron chi connectivity index (χ4n) is 1.60. The van der Waals surface area contributed by atoms with E-state index in [2.05, 4.69) is 0 Å². The highest BCUT2D eigenvalue weighted by Crippen LogP contribution is 2.09. The molecule has 110 valence electrons. The second-order valence-electron chi connectivity index (χ2n) is 4.60. The van der Waals surface area contributed by atoms with E-state index < -0.39 is 18.2 Å². The number of carbonyl (C=O) groups excluding carboxylic acids is 1. The molecular formula is C14H19NO5. The molecule has 0 aliphatic rings. The van der Waals surface area contributed by atoms with Crippen molar-refractivity contribution in [1.29, 1.82) is 0 Å². The summed E-state index contributed by atoms with van der Waals surface area (Å²) in [6, 6.07) is 8.15. The molecule has 1 aromatic rings. The summed E-state index contributed by atoms with van der Waals surface area (Å²) in [6.07, 6.45) is -1.02. The van der Waals surface area contributed by atoms with E-state index in [4.69, 9.17) is 9.57 Å². The molecule has 0 fully saturated rings. The summed E-state index contributed by atoms with van der Waals surface area (Å²) >= 11 is 0. The van der Waals surface area contributed by atoms with Crippen molar-refractivity contribution < 1.29 is 24.3 Å². The molecule has 0 unspecified atom stereocenters. The fraction of sp³-hybridized carbons (Fsp3) is 0.429. The fourth-order valence-corrected chi connectivity index (χ4v) is 1.60. The Bertz CT molecular complexity index is 446. The van der Waals surface area contributed by atoms with Crippen molar-refractivity contribution >= 4 is 12.1 Å². The smallest absolute Gasteiger partial charge is 0.480 e. The lowest BCUT2D eigenvalue weighted by molar-refractivity contribution is -0.171. The molecule has 6 heteroatoms. The van der Waals surface area contributed by atoms with E-state index in [-0.39, 0.29) is 12.5 Å². The Morgan fingerprint density at radius 1 is 1.25 bits per heavy atom. The predicted molar refractivity (Wildman–Crippen MR) is 72.0 cm³/mol. The van der Waals surface area contributed by atoms with Gasteiger partial charge in [-0.2, -0.15) is 0 Å². The Morgan fingerprint density at radius 3 is 2.35 bits per heavy atom. The number of carboxylic acid groups (broad SMARTS) is 1. The molecule has 0 radical (unpaired) electrons. The van der Waals surface area contributed by atoms with Gasteiger partial charge in [0.25, 0.3) is 0 Å². The van der Waals surface area contributed by atoms with Crippen LogP contribution in [-0.2, 0) is 20.8 Å². The summed E-state index contributed by atoms with van der Waals surface area (Å²) < 4.78 is 4.81. The van der Waals surface area contributed by atoms with E-state index in [1.54, 1.807) is 13.8 Å². The molecule has 1 rings (SSSR count). The van der Waals surface area contributed by atoms with Gasteiger partial charge in [0.05, 0.1) is 6.10 Å². The Balaban J connectivity index is 2.66. The predicted octanol–water partition coefficient (Wildman–Crippen LogP) is 2.09. The van der Waals surface area contributed by atoms with Gasteiger partial charge in [0.15, 0.2) is 0 Å². The second-order valence-corrected chi connectivity index (χ2v) is 4.60. The van der Waals surface area contributed by atoms with Crippen LogP contribution in [0.3, 0.4) is 0 Å². The first kappa shape index (κ1) is 16.0. The standard InChI is InChI=1S/C14H19NO5/c1-10(2)19-14(18)20-15(3)12(13(16)17)9-11-7-5-4-6-8-11/h4-8,10,12H,9H2,1-3H3,(H,16,17)/t12-/m0/s1. The minimum absolute atomic E-state index is 0.224. The van der Waals surface area contributed by atoms with Gasteiger partial charge < -0.3 is 14.7 Å². The first-order chi connectivity index (χ1) is 9.40. The zero-order valence-corrected chi connectivity index (χ0v) is 11.8. The number of benzene rings is 1. The van der Waals surface area contributed by atoms with Gasteiger partial charge in [0, 0.05) is 13.5 Å². The second kappa shape index (κ2) is 7.49. The van der Waals surface area contributed by atoms with E-state index in [9.17, 15) is 14.7 Å². The maximum absolute atomic E-state index is 11.4. The monoisotopic (exact) mass is 281 g/mol. The van der Waals surface area contributed by atoms with Crippen LogP contribution in [0.1, 0.15) is 19.4 Å². The van der Waals surface area contributed by atoms with E-state index in [1.165, 1.54) is 7.05 Å². The third-order valence-corrected chi connectivity index (χ3v) is 2.55. The Labute approximate surface area is 117 Å². The van der Waals surface area contributed by atoms with E-state index in [1.807, 2.05) is 30.3 Å². The van der Waals surface area contributed by atoms with Gasteiger partial charge >= 0.3 is 12.1 Å². The average molecular weight is 281 g/mol. The van der Waals surface area contributed by atoms with Crippen molar-refractivity contribution in [2.45, 2.75) is 32.4 Å². The number of hydroxylamine groups is 2. The molecule has 6 nitrogen and oxygen atoms in total. The van der Waals surface area contributed by atoms with Crippen LogP contribution in [0.25, 0.3) is 0 Å². The van der Waals surface area contributed by atoms with Gasteiger partial charge in [-0.3, -0.25) is 4.79 Å². The Morgan fingerprint density at radius 2 is 1.85 bits per heavy atom. The molecule has 0 saturated heterocycles. The highest BCUT2D eigenvalue weighted by Gasteiger charge is 2.27. The number of hydrogen-bond donors (Lipinski definition) is 1. The van der Waals surface area contributed by atoms with Gasteiger partial charge in [-0.15, -0.1) is 5.06 Å². The highest BCUT2D eigenvalue weighted by atomic mass is 16.8. The molecule has 0 heterocycles. The third kappa shape index (κ3) is 5.27. The van der Waals surface area contributed by atoms with E-state index >= 15 is 0 Å². The number of carboxylic acids is 1. The number of nitrogens with zero attached hydrogens (tertiary/aromatic N) is 1. The van der Waals surface area contributed by atoms with Crippen LogP contribution in [0, 0.1) is 0 Å². The van der Waals surface area contributed by atoms with Crippen molar-refractivity contribution in [3.05, 3.63) is 35.9 Å². The van der Waals surface area contributed by atoms with Crippen molar-refractivity contribution in [3.63, 3.8) is 0 Å². The van der Waals surface area contributed by atoms with Crippen LogP contribution in [0.5, 0.6) is 0 Å². The number of ether oxygens (including phenoxy) is 1. The van der Waals surface area contributed by atoms with E-state index in [0.717, 1.165) is 10.6 Å². The van der Waals surface area contributed by atoms with Gasteiger partial charge in [0.2, 0.25) is 0 Å². The number of carbonyl (C=O) groups is 2. The molecule has 0 saturated carbocycles. The maximum atomic E-state index is 11.4. The molecule has 0 aromatic heterocycles. The van der Waals surface area contributed by atoms with Crippen molar-refractivity contribution in [2.24, 2.45) is 0 Å². The molecule has 1 atom stereocenters. The number of hydrogen-bond acceptors (Lipinski definition) is 5. The van der Waals surface area contributed by atoms with Crippen LogP contribution in [0.15, 0.2) is 30.3 Å². The molecule has 0 amide bonds. The summed E-state index contributed by atoms with van der Waals surface area (Å²) in [4.78, 5) is 27.5. The lowest BCUT2D eigenvalue weighted by atomic mass is 10.1. The van der Waals surface area contributed by atoms with E-state index in [0.29, 0.717) is 0 Å². The van der Waals surface area contributed by atoms with Crippen molar-refractivity contribution in [1.82, 2.24) is 5.06 Å². The molecule has 0 aliphatic carbocycles. The van der Waals surface area contributed by atoms with Crippen LogP contribution in [-0.4, -0.2) is 41.5 Å². The van der Waals surface area contributed by atoms with Gasteiger partial charge in [-0.1, -0.05) is 30.3 Å². The van der Waals surface area contributed by atoms with Gasteiger partial charge in [-0.25, -0.2) is 4.79 Å². The lowest BCUT2D eigenvalue weighted by Gasteiger charge is -2.23.